The maximum absolute atomic E-state index is 13.8. The maximum Gasteiger partial charge on any atom is 0.242 e. The number of carbonyl (C=O) groups excluding carboxylic acids is 2. The average Bonchev–Trinajstić information content (AvgIpc) is 3.43. The first-order valence-corrected chi connectivity index (χ1v) is 10.6. The summed E-state index contributed by atoms with van der Waals surface area (Å²) in [6.07, 6.45) is 1.71. The molecule has 1 heterocycles. The van der Waals surface area contributed by atoms with Crippen molar-refractivity contribution in [2.75, 3.05) is 5.32 Å². The van der Waals surface area contributed by atoms with Crippen LogP contribution in [-0.4, -0.2) is 33.2 Å². The third-order valence-corrected chi connectivity index (χ3v) is 6.04. The fourth-order valence-electron chi connectivity index (χ4n) is 3.45. The number of nitrogens with one attached hydrogen (secondary N) is 1. The highest BCUT2D eigenvalue weighted by atomic mass is 32.2. The number of hydrogen-bond donors (Lipinski definition) is 1. The molecule has 1 atom stereocenters. The third kappa shape index (κ3) is 4.53. The van der Waals surface area contributed by atoms with Gasteiger partial charge < -0.3 is 5.32 Å². The molecule has 4 rings (SSSR count). The first kappa shape index (κ1) is 20.5. The van der Waals surface area contributed by atoms with Gasteiger partial charge in [-0.05, 0) is 62.1 Å². The van der Waals surface area contributed by atoms with E-state index in [0.29, 0.717) is 11.2 Å². The first-order chi connectivity index (χ1) is 14.3. The van der Waals surface area contributed by atoms with E-state index < -0.39 is 22.8 Å². The lowest BCUT2D eigenvalue weighted by atomic mass is 10.1. The number of halogens is 2. The van der Waals surface area contributed by atoms with E-state index in [1.54, 1.807) is 4.90 Å². The van der Waals surface area contributed by atoms with Crippen molar-refractivity contribution in [2.45, 2.75) is 44.4 Å². The zero-order valence-electron chi connectivity index (χ0n) is 16.6. The molecule has 0 spiro atoms. The molecule has 1 unspecified atom stereocenters. The van der Waals surface area contributed by atoms with Gasteiger partial charge in [0.05, 0.1) is 11.4 Å². The van der Waals surface area contributed by atoms with Gasteiger partial charge in [0.15, 0.2) is 5.17 Å². The molecule has 8 heteroatoms. The van der Waals surface area contributed by atoms with Gasteiger partial charge in [-0.25, -0.2) is 13.8 Å². The summed E-state index contributed by atoms with van der Waals surface area (Å²) in [4.78, 5) is 31.7. The number of benzene rings is 2. The van der Waals surface area contributed by atoms with Crippen molar-refractivity contribution < 1.29 is 18.4 Å². The van der Waals surface area contributed by atoms with Crippen LogP contribution in [0.4, 0.5) is 20.2 Å². The monoisotopic (exact) mass is 429 g/mol. The van der Waals surface area contributed by atoms with Crippen LogP contribution < -0.4 is 5.32 Å². The van der Waals surface area contributed by atoms with E-state index >= 15 is 0 Å². The predicted octanol–water partition coefficient (Wildman–Crippen LogP) is 4.70. The second-order valence-electron chi connectivity index (χ2n) is 7.66. The number of aliphatic imine (C=N–C) groups is 1. The summed E-state index contributed by atoms with van der Waals surface area (Å²) in [7, 11) is 0. The highest BCUT2D eigenvalue weighted by Gasteiger charge is 2.46. The van der Waals surface area contributed by atoms with Crippen molar-refractivity contribution in [1.82, 2.24) is 4.90 Å². The SMILES string of the molecule is Cc1cc(C)cc(N=C2SC(CC(=O)Nc3ccc(F)cc3F)C(=O)N2C2CC2)c1. The number of hydrogen-bond acceptors (Lipinski definition) is 4. The predicted molar refractivity (Wildman–Crippen MR) is 114 cm³/mol. The smallest absolute Gasteiger partial charge is 0.242 e. The number of rotatable bonds is 5. The molecule has 30 heavy (non-hydrogen) atoms. The first-order valence-electron chi connectivity index (χ1n) is 9.72. The average molecular weight is 429 g/mol. The fraction of sp³-hybridized carbons (Fsp3) is 0.318. The zero-order chi connectivity index (χ0) is 21.4. The van der Waals surface area contributed by atoms with Crippen LogP contribution in [0, 0.1) is 25.5 Å². The van der Waals surface area contributed by atoms with Crippen LogP contribution in [-0.2, 0) is 9.59 Å². The number of amides is 2. The van der Waals surface area contributed by atoms with Crippen LogP contribution in [0.5, 0.6) is 0 Å². The topological polar surface area (TPSA) is 61.8 Å². The lowest BCUT2D eigenvalue weighted by Crippen LogP contribution is -2.35. The van der Waals surface area contributed by atoms with Gasteiger partial charge in [-0.1, -0.05) is 17.8 Å². The molecule has 5 nitrogen and oxygen atoms in total. The number of anilines is 1. The Bertz CT molecular complexity index is 1030. The van der Waals surface area contributed by atoms with Gasteiger partial charge >= 0.3 is 0 Å². The van der Waals surface area contributed by atoms with Crippen LogP contribution in [0.3, 0.4) is 0 Å². The van der Waals surface area contributed by atoms with Gasteiger partial charge in [-0.3, -0.25) is 14.5 Å². The lowest BCUT2D eigenvalue weighted by Gasteiger charge is -2.15. The number of nitrogens with zero attached hydrogens (tertiary/aromatic N) is 2. The summed E-state index contributed by atoms with van der Waals surface area (Å²) in [6.45, 7) is 3.98. The highest BCUT2D eigenvalue weighted by Crippen LogP contribution is 2.39. The Morgan fingerprint density at radius 1 is 1.17 bits per heavy atom. The normalized spacial score (nSPS) is 20.1. The van der Waals surface area contributed by atoms with Gasteiger partial charge in [0.1, 0.15) is 16.9 Å². The number of carbonyl (C=O) groups is 2. The van der Waals surface area contributed by atoms with E-state index in [1.807, 2.05) is 26.0 Å². The van der Waals surface area contributed by atoms with Crippen LogP contribution >= 0.6 is 11.8 Å². The summed E-state index contributed by atoms with van der Waals surface area (Å²) in [5.41, 5.74) is 2.82. The highest BCUT2D eigenvalue weighted by molar-refractivity contribution is 8.15. The van der Waals surface area contributed by atoms with Crippen molar-refractivity contribution in [3.8, 4) is 0 Å². The van der Waals surface area contributed by atoms with Crippen LogP contribution in [0.15, 0.2) is 41.4 Å². The second-order valence-corrected chi connectivity index (χ2v) is 8.83. The largest absolute Gasteiger partial charge is 0.324 e. The minimum absolute atomic E-state index is 0.111. The molecule has 0 aromatic heterocycles. The number of aryl methyl sites for hydroxylation is 2. The Morgan fingerprint density at radius 3 is 2.50 bits per heavy atom. The van der Waals surface area contributed by atoms with E-state index in [0.717, 1.165) is 41.8 Å². The molecule has 156 valence electrons. The molecule has 2 aliphatic rings. The molecule has 1 aliphatic carbocycles. The van der Waals surface area contributed by atoms with Crippen molar-refractivity contribution >= 4 is 40.1 Å². The Morgan fingerprint density at radius 2 is 1.87 bits per heavy atom. The molecule has 1 aliphatic heterocycles. The Hall–Kier alpha value is -2.74. The molecule has 2 aromatic carbocycles. The van der Waals surface area contributed by atoms with Crippen LogP contribution in [0.25, 0.3) is 0 Å². The summed E-state index contributed by atoms with van der Waals surface area (Å²) in [6, 6.07) is 9.01. The van der Waals surface area contributed by atoms with E-state index in [9.17, 15) is 18.4 Å². The molecular weight excluding hydrogens is 408 g/mol. The van der Waals surface area contributed by atoms with E-state index in [4.69, 9.17) is 0 Å². The van der Waals surface area contributed by atoms with E-state index in [-0.39, 0.29) is 24.1 Å². The molecular formula is C22H21F2N3O2S. The number of thioether (sulfide) groups is 1. The second kappa shape index (κ2) is 8.18. The summed E-state index contributed by atoms with van der Waals surface area (Å²) in [5.74, 6) is -2.24. The van der Waals surface area contributed by atoms with Gasteiger partial charge in [0, 0.05) is 18.5 Å². The molecule has 2 aromatic rings. The molecule has 2 amide bonds. The minimum atomic E-state index is -0.856. The minimum Gasteiger partial charge on any atom is -0.324 e. The standard InChI is InChI=1S/C22H21F2N3O2S/c1-12-7-13(2)9-15(8-12)25-22-27(16-4-5-16)21(29)19(30-22)11-20(28)26-18-6-3-14(23)10-17(18)24/h3,6-10,16,19H,4-5,11H2,1-2H3,(H,26,28). The Balaban J connectivity index is 1.51. The molecule has 1 N–H and O–H groups in total. The Labute approximate surface area is 177 Å². The summed E-state index contributed by atoms with van der Waals surface area (Å²) in [5, 5.41) is 2.39. The summed E-state index contributed by atoms with van der Waals surface area (Å²) >= 11 is 1.26. The van der Waals surface area contributed by atoms with Crippen molar-refractivity contribution in [3.63, 3.8) is 0 Å². The van der Waals surface area contributed by atoms with Crippen molar-refractivity contribution in [3.05, 3.63) is 59.2 Å². The molecule has 2 fully saturated rings. The zero-order valence-corrected chi connectivity index (χ0v) is 17.4. The van der Waals surface area contributed by atoms with Crippen LogP contribution in [0.1, 0.15) is 30.4 Å². The van der Waals surface area contributed by atoms with Crippen molar-refractivity contribution in [2.24, 2.45) is 4.99 Å². The van der Waals surface area contributed by atoms with E-state index in [2.05, 4.69) is 16.4 Å². The quantitative estimate of drug-likeness (QED) is 0.749. The van der Waals surface area contributed by atoms with Gasteiger partial charge in [-0.2, -0.15) is 0 Å². The third-order valence-electron chi connectivity index (χ3n) is 4.89. The fourth-order valence-corrected chi connectivity index (χ4v) is 4.66. The summed E-state index contributed by atoms with van der Waals surface area (Å²) < 4.78 is 26.8. The van der Waals surface area contributed by atoms with Gasteiger partial charge in [-0.15, -0.1) is 0 Å². The van der Waals surface area contributed by atoms with Gasteiger partial charge in [0.2, 0.25) is 11.8 Å². The maximum atomic E-state index is 13.8. The Kier molecular flexibility index (Phi) is 5.60. The molecule has 0 bridgehead atoms. The van der Waals surface area contributed by atoms with E-state index in [1.165, 1.54) is 11.8 Å². The van der Waals surface area contributed by atoms with Crippen LogP contribution in [0.2, 0.25) is 0 Å². The van der Waals surface area contributed by atoms with Crippen molar-refractivity contribution in [1.29, 1.82) is 0 Å². The van der Waals surface area contributed by atoms with Gasteiger partial charge in [0.25, 0.3) is 0 Å². The number of amidine groups is 1. The lowest BCUT2D eigenvalue weighted by molar-refractivity contribution is -0.128. The molecule has 1 saturated heterocycles. The molecule has 1 saturated carbocycles. The molecule has 0 radical (unpaired) electrons.